The van der Waals surface area contributed by atoms with Crippen molar-refractivity contribution >= 4 is 22.1 Å². The molecule has 0 aliphatic carbocycles. The van der Waals surface area contributed by atoms with E-state index in [1.807, 2.05) is 12.1 Å². The van der Waals surface area contributed by atoms with Gasteiger partial charge in [0.15, 0.2) is 0 Å². The van der Waals surface area contributed by atoms with Gasteiger partial charge in [-0.15, -0.1) is 0 Å². The molecule has 0 saturated carbocycles. The lowest BCUT2D eigenvalue weighted by molar-refractivity contribution is 0.589. The van der Waals surface area contributed by atoms with Gasteiger partial charge in [-0.05, 0) is 53.4 Å². The van der Waals surface area contributed by atoms with E-state index in [2.05, 4.69) is 25.1 Å². The standard InChI is InChI=1S/C19H28N2/c1-2-3-4-5-6-7-8-9-16-12-15-10-11-18(20)13-17(15)14-19(16)21/h10-14H,2-9,20-21H2,1H3. The molecule has 4 N–H and O–H groups in total. The van der Waals surface area contributed by atoms with E-state index in [9.17, 15) is 0 Å². The minimum Gasteiger partial charge on any atom is -0.399 e. The lowest BCUT2D eigenvalue weighted by Crippen LogP contribution is -1.96. The summed E-state index contributed by atoms with van der Waals surface area (Å²) in [6, 6.07) is 10.3. The molecule has 0 amide bonds. The lowest BCUT2D eigenvalue weighted by Gasteiger charge is -2.09. The fourth-order valence-electron chi connectivity index (χ4n) is 2.87. The van der Waals surface area contributed by atoms with E-state index in [1.165, 1.54) is 55.9 Å². The van der Waals surface area contributed by atoms with Crippen molar-refractivity contribution in [2.45, 2.75) is 58.3 Å². The zero-order valence-electron chi connectivity index (χ0n) is 13.2. The van der Waals surface area contributed by atoms with Crippen LogP contribution in [0.4, 0.5) is 11.4 Å². The van der Waals surface area contributed by atoms with Crippen LogP contribution in [-0.4, -0.2) is 0 Å². The minimum absolute atomic E-state index is 0.793. The lowest BCUT2D eigenvalue weighted by atomic mass is 9.99. The molecule has 0 unspecified atom stereocenters. The highest BCUT2D eigenvalue weighted by Crippen LogP contribution is 2.25. The maximum atomic E-state index is 6.18. The van der Waals surface area contributed by atoms with Crippen molar-refractivity contribution in [1.82, 2.24) is 0 Å². The number of benzene rings is 2. The van der Waals surface area contributed by atoms with Crippen LogP contribution in [0.15, 0.2) is 30.3 Å². The highest BCUT2D eigenvalue weighted by atomic mass is 14.6. The molecule has 21 heavy (non-hydrogen) atoms. The molecule has 0 aliphatic heterocycles. The second-order valence-corrected chi connectivity index (χ2v) is 6.03. The number of rotatable bonds is 8. The van der Waals surface area contributed by atoms with Gasteiger partial charge >= 0.3 is 0 Å². The molecule has 0 atom stereocenters. The Morgan fingerprint density at radius 1 is 0.762 bits per heavy atom. The van der Waals surface area contributed by atoms with E-state index in [4.69, 9.17) is 11.5 Å². The number of hydrogen-bond acceptors (Lipinski definition) is 2. The van der Waals surface area contributed by atoms with Crippen LogP contribution in [0.1, 0.15) is 57.4 Å². The fraction of sp³-hybridized carbons (Fsp3) is 0.474. The van der Waals surface area contributed by atoms with Gasteiger partial charge in [0.1, 0.15) is 0 Å². The molecule has 0 bridgehead atoms. The molecule has 0 heterocycles. The minimum atomic E-state index is 0.793. The van der Waals surface area contributed by atoms with Crippen LogP contribution in [0.5, 0.6) is 0 Å². The van der Waals surface area contributed by atoms with Gasteiger partial charge in [-0.1, -0.05) is 51.5 Å². The predicted octanol–water partition coefficient (Wildman–Crippen LogP) is 5.30. The summed E-state index contributed by atoms with van der Waals surface area (Å²) in [5, 5.41) is 2.37. The summed E-state index contributed by atoms with van der Waals surface area (Å²) in [7, 11) is 0. The molecule has 114 valence electrons. The summed E-state index contributed by atoms with van der Waals surface area (Å²) in [5.41, 5.74) is 15.0. The quantitative estimate of drug-likeness (QED) is 0.510. The third-order valence-corrected chi connectivity index (χ3v) is 4.17. The van der Waals surface area contributed by atoms with Gasteiger partial charge < -0.3 is 11.5 Å². The van der Waals surface area contributed by atoms with Crippen molar-refractivity contribution in [2.24, 2.45) is 0 Å². The van der Waals surface area contributed by atoms with Crippen LogP contribution in [0.3, 0.4) is 0 Å². The van der Waals surface area contributed by atoms with E-state index < -0.39 is 0 Å². The van der Waals surface area contributed by atoms with Crippen molar-refractivity contribution in [2.75, 3.05) is 11.5 Å². The maximum absolute atomic E-state index is 6.18. The van der Waals surface area contributed by atoms with Gasteiger partial charge in [-0.2, -0.15) is 0 Å². The molecule has 0 radical (unpaired) electrons. The first-order valence-corrected chi connectivity index (χ1v) is 8.28. The summed E-state index contributed by atoms with van der Waals surface area (Å²) in [6.45, 7) is 2.26. The zero-order chi connectivity index (χ0) is 15.1. The van der Waals surface area contributed by atoms with E-state index in [1.54, 1.807) is 0 Å². The fourth-order valence-corrected chi connectivity index (χ4v) is 2.87. The Bertz CT molecular complexity index is 575. The first kappa shape index (κ1) is 15.7. The number of aryl methyl sites for hydroxylation is 1. The normalized spacial score (nSPS) is 11.1. The van der Waals surface area contributed by atoms with Crippen molar-refractivity contribution in [1.29, 1.82) is 0 Å². The topological polar surface area (TPSA) is 52.0 Å². The third-order valence-electron chi connectivity index (χ3n) is 4.17. The average molecular weight is 284 g/mol. The van der Waals surface area contributed by atoms with Crippen molar-refractivity contribution in [3.63, 3.8) is 0 Å². The second kappa shape index (κ2) is 7.92. The number of nitrogens with two attached hydrogens (primary N) is 2. The van der Waals surface area contributed by atoms with E-state index in [-0.39, 0.29) is 0 Å². The smallest absolute Gasteiger partial charge is 0.0353 e. The van der Waals surface area contributed by atoms with Gasteiger partial charge in [0.2, 0.25) is 0 Å². The summed E-state index contributed by atoms with van der Waals surface area (Å²) in [4.78, 5) is 0. The predicted molar refractivity (Wildman–Crippen MR) is 94.5 cm³/mol. The first-order chi connectivity index (χ1) is 10.2. The highest BCUT2D eigenvalue weighted by Gasteiger charge is 2.03. The van der Waals surface area contributed by atoms with E-state index in [0.29, 0.717) is 0 Å². The van der Waals surface area contributed by atoms with Crippen LogP contribution >= 0.6 is 0 Å². The Morgan fingerprint density at radius 2 is 1.48 bits per heavy atom. The Morgan fingerprint density at radius 3 is 2.24 bits per heavy atom. The summed E-state index contributed by atoms with van der Waals surface area (Å²) in [6.07, 6.45) is 10.4. The van der Waals surface area contributed by atoms with Crippen LogP contribution in [0.25, 0.3) is 10.8 Å². The van der Waals surface area contributed by atoms with Crippen molar-refractivity contribution in [3.05, 3.63) is 35.9 Å². The largest absolute Gasteiger partial charge is 0.399 e. The Kier molecular flexibility index (Phi) is 5.91. The molecule has 2 heteroatoms. The summed E-state index contributed by atoms with van der Waals surface area (Å²) < 4.78 is 0. The Labute approximate surface area is 128 Å². The number of anilines is 2. The number of fused-ring (bicyclic) bond motifs is 1. The maximum Gasteiger partial charge on any atom is 0.0353 e. The van der Waals surface area contributed by atoms with Crippen molar-refractivity contribution < 1.29 is 0 Å². The molecular weight excluding hydrogens is 256 g/mol. The van der Waals surface area contributed by atoms with Gasteiger partial charge in [-0.25, -0.2) is 0 Å². The molecule has 2 aromatic rings. The number of hydrogen-bond donors (Lipinski definition) is 2. The van der Waals surface area contributed by atoms with Crippen LogP contribution in [-0.2, 0) is 6.42 Å². The molecule has 2 rings (SSSR count). The molecular formula is C19H28N2. The molecule has 0 fully saturated rings. The molecule has 0 spiro atoms. The molecule has 0 aromatic heterocycles. The van der Waals surface area contributed by atoms with Crippen molar-refractivity contribution in [3.8, 4) is 0 Å². The third kappa shape index (κ3) is 4.66. The molecule has 2 aromatic carbocycles. The molecule has 0 saturated heterocycles. The molecule has 0 aliphatic rings. The van der Waals surface area contributed by atoms with Gasteiger partial charge in [0, 0.05) is 11.4 Å². The second-order valence-electron chi connectivity index (χ2n) is 6.03. The van der Waals surface area contributed by atoms with E-state index in [0.717, 1.165) is 23.2 Å². The van der Waals surface area contributed by atoms with Crippen LogP contribution < -0.4 is 11.5 Å². The van der Waals surface area contributed by atoms with Crippen LogP contribution in [0, 0.1) is 0 Å². The average Bonchev–Trinajstić information content (AvgIpc) is 2.47. The summed E-state index contributed by atoms with van der Waals surface area (Å²) >= 11 is 0. The number of nitrogen functional groups attached to an aromatic ring is 2. The zero-order valence-corrected chi connectivity index (χ0v) is 13.2. The van der Waals surface area contributed by atoms with Gasteiger partial charge in [-0.3, -0.25) is 0 Å². The Balaban J connectivity index is 1.87. The van der Waals surface area contributed by atoms with E-state index >= 15 is 0 Å². The SMILES string of the molecule is CCCCCCCCCc1cc2ccc(N)cc2cc1N. The van der Waals surface area contributed by atoms with Crippen LogP contribution in [0.2, 0.25) is 0 Å². The van der Waals surface area contributed by atoms with Gasteiger partial charge in [0.25, 0.3) is 0 Å². The monoisotopic (exact) mass is 284 g/mol. The van der Waals surface area contributed by atoms with Gasteiger partial charge in [0.05, 0.1) is 0 Å². The first-order valence-electron chi connectivity index (χ1n) is 8.28. The highest BCUT2D eigenvalue weighted by molar-refractivity contribution is 5.89. The summed E-state index contributed by atoms with van der Waals surface area (Å²) in [5.74, 6) is 0. The molecule has 2 nitrogen and oxygen atoms in total. The Hall–Kier alpha value is -1.70. The number of unbranched alkanes of at least 4 members (excludes halogenated alkanes) is 6.